The number of benzene rings is 1. The van der Waals surface area contributed by atoms with Crippen LogP contribution in [0.3, 0.4) is 0 Å². The highest BCUT2D eigenvalue weighted by atomic mass is 32.1. The molecule has 1 fully saturated rings. The molecule has 0 saturated carbocycles. The molecular formula is C14H18N2O2S. The van der Waals surface area contributed by atoms with Crippen molar-refractivity contribution in [3.8, 4) is 5.75 Å². The Morgan fingerprint density at radius 3 is 3.16 bits per heavy atom. The molecule has 1 aromatic heterocycles. The van der Waals surface area contributed by atoms with Crippen LogP contribution in [0.2, 0.25) is 0 Å². The van der Waals surface area contributed by atoms with Gasteiger partial charge in [-0.05, 0) is 37.2 Å². The Morgan fingerprint density at radius 1 is 1.53 bits per heavy atom. The lowest BCUT2D eigenvalue weighted by molar-refractivity contribution is 0.0486. The van der Waals surface area contributed by atoms with Gasteiger partial charge in [-0.25, -0.2) is 0 Å². The Balaban J connectivity index is 1.98. The lowest BCUT2D eigenvalue weighted by atomic mass is 10.0. The number of ether oxygens (including phenoxy) is 2. The van der Waals surface area contributed by atoms with Gasteiger partial charge in [0.2, 0.25) is 0 Å². The topological polar surface area (TPSA) is 39.2 Å². The smallest absolute Gasteiger partial charge is 0.178 e. The third-order valence-corrected chi connectivity index (χ3v) is 4.01. The number of H-pyrrole nitrogens is 1. The van der Waals surface area contributed by atoms with Crippen LogP contribution in [-0.2, 0) is 11.3 Å². The normalized spacial score (nSPS) is 19.7. The Kier molecular flexibility index (Phi) is 3.57. The number of rotatable bonds is 3. The van der Waals surface area contributed by atoms with E-state index in [0.717, 1.165) is 47.7 Å². The van der Waals surface area contributed by atoms with E-state index in [9.17, 15) is 0 Å². The second-order valence-electron chi connectivity index (χ2n) is 4.98. The van der Waals surface area contributed by atoms with Crippen LogP contribution in [0, 0.1) is 10.7 Å². The summed E-state index contributed by atoms with van der Waals surface area (Å²) < 4.78 is 13.8. The number of imidazole rings is 1. The Hall–Kier alpha value is -1.33. The molecular weight excluding hydrogens is 260 g/mol. The first-order chi connectivity index (χ1) is 9.29. The van der Waals surface area contributed by atoms with Crippen LogP contribution in [-0.4, -0.2) is 29.9 Å². The summed E-state index contributed by atoms with van der Waals surface area (Å²) in [6.45, 7) is 2.63. The summed E-state index contributed by atoms with van der Waals surface area (Å²) in [6.07, 6.45) is 2.35. The van der Waals surface area contributed by atoms with Crippen molar-refractivity contribution in [2.45, 2.75) is 19.4 Å². The average Bonchev–Trinajstić information content (AvgIpc) is 2.76. The van der Waals surface area contributed by atoms with Crippen LogP contribution in [0.15, 0.2) is 18.2 Å². The standard InChI is InChI=1S/C14H18N2O2S/c1-17-12-6-2-5-11-13(12)15-14(19)16(11)8-10-4-3-7-18-9-10/h2,5-6,10H,3-4,7-9H2,1H3,(H,15,19). The van der Waals surface area contributed by atoms with E-state index < -0.39 is 0 Å². The van der Waals surface area contributed by atoms with E-state index >= 15 is 0 Å². The van der Waals surface area contributed by atoms with Crippen molar-refractivity contribution in [2.75, 3.05) is 20.3 Å². The molecule has 0 aliphatic carbocycles. The molecule has 4 nitrogen and oxygen atoms in total. The molecule has 1 aliphatic rings. The zero-order chi connectivity index (χ0) is 13.2. The van der Waals surface area contributed by atoms with E-state index in [4.69, 9.17) is 21.7 Å². The minimum absolute atomic E-state index is 0.547. The maximum absolute atomic E-state index is 5.55. The van der Waals surface area contributed by atoms with Crippen molar-refractivity contribution in [1.82, 2.24) is 9.55 Å². The van der Waals surface area contributed by atoms with Gasteiger partial charge < -0.3 is 19.0 Å². The molecule has 0 spiro atoms. The summed E-state index contributed by atoms with van der Waals surface area (Å²) >= 11 is 5.44. The van der Waals surface area contributed by atoms with Gasteiger partial charge in [0.1, 0.15) is 11.3 Å². The lowest BCUT2D eigenvalue weighted by Gasteiger charge is -2.22. The number of nitrogens with one attached hydrogen (secondary N) is 1. The Labute approximate surface area is 117 Å². The minimum atomic E-state index is 0.547. The highest BCUT2D eigenvalue weighted by Gasteiger charge is 2.17. The second kappa shape index (κ2) is 5.35. The van der Waals surface area contributed by atoms with Gasteiger partial charge in [-0.1, -0.05) is 6.07 Å². The molecule has 2 heterocycles. The fourth-order valence-corrected chi connectivity index (χ4v) is 2.99. The molecule has 1 atom stereocenters. The van der Waals surface area contributed by atoms with Crippen LogP contribution in [0.5, 0.6) is 5.75 Å². The first kappa shape index (κ1) is 12.7. The van der Waals surface area contributed by atoms with E-state index in [1.54, 1.807) is 7.11 Å². The predicted octanol–water partition coefficient (Wildman–Crippen LogP) is 3.13. The third-order valence-electron chi connectivity index (χ3n) is 3.69. The number of methoxy groups -OCH3 is 1. The number of hydrogen-bond donors (Lipinski definition) is 1. The van der Waals surface area contributed by atoms with Gasteiger partial charge in [0, 0.05) is 19.1 Å². The third kappa shape index (κ3) is 2.40. The van der Waals surface area contributed by atoms with Crippen molar-refractivity contribution >= 4 is 23.3 Å². The zero-order valence-electron chi connectivity index (χ0n) is 11.0. The molecule has 0 radical (unpaired) electrons. The quantitative estimate of drug-likeness (QED) is 0.877. The molecule has 5 heteroatoms. The van der Waals surface area contributed by atoms with Crippen molar-refractivity contribution in [1.29, 1.82) is 0 Å². The number of para-hydroxylation sites is 1. The number of fused-ring (bicyclic) bond motifs is 1. The summed E-state index contributed by atoms with van der Waals surface area (Å²) in [6, 6.07) is 6.02. The highest BCUT2D eigenvalue weighted by Crippen LogP contribution is 2.26. The van der Waals surface area contributed by atoms with Crippen LogP contribution in [0.1, 0.15) is 12.8 Å². The van der Waals surface area contributed by atoms with Gasteiger partial charge in [-0.15, -0.1) is 0 Å². The molecule has 0 bridgehead atoms. The largest absolute Gasteiger partial charge is 0.494 e. The van der Waals surface area contributed by atoms with E-state index in [-0.39, 0.29) is 0 Å². The van der Waals surface area contributed by atoms with Crippen molar-refractivity contribution in [3.63, 3.8) is 0 Å². The average molecular weight is 278 g/mol. The first-order valence-electron chi connectivity index (χ1n) is 6.63. The van der Waals surface area contributed by atoms with Crippen LogP contribution < -0.4 is 4.74 Å². The van der Waals surface area contributed by atoms with Crippen molar-refractivity contribution in [2.24, 2.45) is 5.92 Å². The van der Waals surface area contributed by atoms with Crippen molar-refractivity contribution < 1.29 is 9.47 Å². The molecule has 0 amide bonds. The monoisotopic (exact) mass is 278 g/mol. The molecule has 1 aliphatic heterocycles. The highest BCUT2D eigenvalue weighted by molar-refractivity contribution is 7.71. The fourth-order valence-electron chi connectivity index (χ4n) is 2.71. The van der Waals surface area contributed by atoms with E-state index in [2.05, 4.69) is 15.6 Å². The molecule has 19 heavy (non-hydrogen) atoms. The Morgan fingerprint density at radius 2 is 2.42 bits per heavy atom. The van der Waals surface area contributed by atoms with Gasteiger partial charge >= 0.3 is 0 Å². The van der Waals surface area contributed by atoms with E-state index in [1.165, 1.54) is 6.42 Å². The number of nitrogens with zero attached hydrogens (tertiary/aromatic N) is 1. The molecule has 102 valence electrons. The summed E-state index contributed by atoms with van der Waals surface area (Å²) in [5, 5.41) is 0. The fraction of sp³-hybridized carbons (Fsp3) is 0.500. The predicted molar refractivity (Wildman–Crippen MR) is 77.2 cm³/mol. The number of hydrogen-bond acceptors (Lipinski definition) is 3. The number of aromatic amines is 1. The first-order valence-corrected chi connectivity index (χ1v) is 7.03. The van der Waals surface area contributed by atoms with E-state index in [0.29, 0.717) is 5.92 Å². The van der Waals surface area contributed by atoms with Crippen LogP contribution >= 0.6 is 12.2 Å². The molecule has 1 aromatic carbocycles. The number of aromatic nitrogens is 2. The molecule has 1 N–H and O–H groups in total. The minimum Gasteiger partial charge on any atom is -0.494 e. The maximum atomic E-state index is 5.55. The van der Waals surface area contributed by atoms with Crippen molar-refractivity contribution in [3.05, 3.63) is 23.0 Å². The second-order valence-corrected chi connectivity index (χ2v) is 5.37. The lowest BCUT2D eigenvalue weighted by Crippen LogP contribution is -2.22. The van der Waals surface area contributed by atoms with Crippen LogP contribution in [0.4, 0.5) is 0 Å². The summed E-state index contributed by atoms with van der Waals surface area (Å²) in [5.74, 6) is 1.38. The van der Waals surface area contributed by atoms with Crippen LogP contribution in [0.25, 0.3) is 11.0 Å². The van der Waals surface area contributed by atoms with Gasteiger partial charge in [-0.2, -0.15) is 0 Å². The maximum Gasteiger partial charge on any atom is 0.178 e. The summed E-state index contributed by atoms with van der Waals surface area (Å²) in [4.78, 5) is 3.25. The van der Waals surface area contributed by atoms with Gasteiger partial charge in [0.15, 0.2) is 4.77 Å². The van der Waals surface area contributed by atoms with Gasteiger partial charge in [-0.3, -0.25) is 0 Å². The zero-order valence-corrected chi connectivity index (χ0v) is 11.8. The molecule has 1 unspecified atom stereocenters. The molecule has 3 rings (SSSR count). The molecule has 2 aromatic rings. The van der Waals surface area contributed by atoms with Gasteiger partial charge in [0.25, 0.3) is 0 Å². The van der Waals surface area contributed by atoms with E-state index in [1.807, 2.05) is 12.1 Å². The summed E-state index contributed by atoms with van der Waals surface area (Å²) in [7, 11) is 1.68. The molecule has 1 saturated heterocycles. The van der Waals surface area contributed by atoms with Gasteiger partial charge in [0.05, 0.1) is 19.2 Å². The Bertz CT molecular complexity index is 626. The summed E-state index contributed by atoms with van der Waals surface area (Å²) in [5.41, 5.74) is 2.08. The SMILES string of the molecule is COc1cccc2c1[nH]c(=S)n2CC1CCCOC1.